The molecule has 0 saturated heterocycles. The van der Waals surface area contributed by atoms with Crippen molar-refractivity contribution in [3.8, 4) is 17.6 Å². The van der Waals surface area contributed by atoms with Crippen LogP contribution in [0.5, 0.6) is 5.75 Å². The van der Waals surface area contributed by atoms with Crippen LogP contribution in [-0.4, -0.2) is 30.8 Å². The normalized spacial score (nSPS) is 11.6. The minimum atomic E-state index is -0.869. The van der Waals surface area contributed by atoms with Crippen LogP contribution in [0.2, 0.25) is 0 Å². The van der Waals surface area contributed by atoms with Crippen molar-refractivity contribution in [3.05, 3.63) is 83.6 Å². The highest BCUT2D eigenvalue weighted by Gasteiger charge is 2.13. The summed E-state index contributed by atoms with van der Waals surface area (Å²) in [6.07, 6.45) is 5.49. The van der Waals surface area contributed by atoms with Crippen LogP contribution in [0.1, 0.15) is 41.8 Å². The van der Waals surface area contributed by atoms with E-state index in [0.29, 0.717) is 18.9 Å². The Kier molecular flexibility index (Phi) is 6.65. The minimum Gasteiger partial charge on any atom is -0.489 e. The van der Waals surface area contributed by atoms with Crippen LogP contribution in [0.25, 0.3) is 10.9 Å². The van der Waals surface area contributed by atoms with Crippen molar-refractivity contribution in [2.75, 3.05) is 0 Å². The number of aryl methyl sites for hydroxylation is 1. The number of aromatic nitrogens is 4. The lowest BCUT2D eigenvalue weighted by molar-refractivity contribution is -0.137. The third-order valence-electron chi connectivity index (χ3n) is 5.22. The van der Waals surface area contributed by atoms with Crippen molar-refractivity contribution in [2.24, 2.45) is 0 Å². The molecule has 4 aromatic rings. The number of hydrogen-bond donors (Lipinski definition) is 1. The number of rotatable bonds is 8. The predicted octanol–water partition coefficient (Wildman–Crippen LogP) is 4.34. The minimum absolute atomic E-state index is 0.0266. The Morgan fingerprint density at radius 3 is 2.67 bits per heavy atom. The van der Waals surface area contributed by atoms with Gasteiger partial charge in [-0.05, 0) is 37.6 Å². The van der Waals surface area contributed by atoms with E-state index in [1.807, 2.05) is 60.3 Å². The molecule has 7 heteroatoms. The van der Waals surface area contributed by atoms with Gasteiger partial charge in [0.2, 0.25) is 0 Å². The molecule has 1 atom stereocenters. The number of hydrogen-bond acceptors (Lipinski definition) is 5. The van der Waals surface area contributed by atoms with Crippen molar-refractivity contribution < 1.29 is 14.6 Å². The summed E-state index contributed by atoms with van der Waals surface area (Å²) in [5.41, 5.74) is 4.51. The Bertz CT molecular complexity index is 1320. The van der Waals surface area contributed by atoms with E-state index < -0.39 is 5.97 Å². The van der Waals surface area contributed by atoms with E-state index in [9.17, 15) is 4.79 Å². The van der Waals surface area contributed by atoms with Gasteiger partial charge in [-0.2, -0.15) is 5.10 Å². The van der Waals surface area contributed by atoms with Crippen molar-refractivity contribution in [1.82, 2.24) is 19.7 Å². The van der Waals surface area contributed by atoms with E-state index in [1.54, 1.807) is 19.3 Å². The largest absolute Gasteiger partial charge is 0.489 e. The van der Waals surface area contributed by atoms with Crippen LogP contribution >= 0.6 is 0 Å². The maximum absolute atomic E-state index is 11.1. The van der Waals surface area contributed by atoms with E-state index in [-0.39, 0.29) is 12.3 Å². The maximum atomic E-state index is 11.1. The lowest BCUT2D eigenvalue weighted by Crippen LogP contribution is -2.04. The highest BCUT2D eigenvalue weighted by atomic mass is 16.5. The molecule has 1 unspecified atom stereocenters. The smallest absolute Gasteiger partial charge is 0.304 e. The molecule has 0 fully saturated rings. The Labute approximate surface area is 192 Å². The van der Waals surface area contributed by atoms with E-state index in [4.69, 9.17) is 9.84 Å². The third-order valence-corrected chi connectivity index (χ3v) is 5.22. The summed E-state index contributed by atoms with van der Waals surface area (Å²) in [6.45, 7) is 4.55. The molecule has 0 aliphatic heterocycles. The zero-order chi connectivity index (χ0) is 23.2. The van der Waals surface area contributed by atoms with Gasteiger partial charge >= 0.3 is 5.97 Å². The Morgan fingerprint density at radius 2 is 1.97 bits per heavy atom. The van der Waals surface area contributed by atoms with Crippen molar-refractivity contribution >= 4 is 16.9 Å². The summed E-state index contributed by atoms with van der Waals surface area (Å²) in [4.78, 5) is 19.8. The summed E-state index contributed by atoms with van der Waals surface area (Å²) < 4.78 is 7.87. The fourth-order valence-electron chi connectivity index (χ4n) is 3.58. The number of aliphatic carboxylic acids is 1. The van der Waals surface area contributed by atoms with Gasteiger partial charge < -0.3 is 9.84 Å². The van der Waals surface area contributed by atoms with Gasteiger partial charge in [0.05, 0.1) is 42.0 Å². The average molecular weight is 441 g/mol. The number of ether oxygens (including phenoxy) is 1. The molecule has 2 heterocycles. The zero-order valence-electron chi connectivity index (χ0n) is 18.5. The number of carboxylic acids is 1. The van der Waals surface area contributed by atoms with Gasteiger partial charge in [-0.15, -0.1) is 5.92 Å². The monoisotopic (exact) mass is 440 g/mol. The molecule has 0 saturated carbocycles. The Hall–Kier alpha value is -4.18. The van der Waals surface area contributed by atoms with Gasteiger partial charge in [0.25, 0.3) is 0 Å². The van der Waals surface area contributed by atoms with Crippen molar-refractivity contribution in [3.63, 3.8) is 0 Å². The van der Waals surface area contributed by atoms with Gasteiger partial charge in [0.1, 0.15) is 12.4 Å². The standard InChI is InChI=1S/C26H24N4O3/c1-3-5-20(12-26(31)32)19-8-10-23(11-9-19)33-17-21-6-4-7-25-24(21)16-30(29-25)15-22-14-27-18(2)13-28-22/h4,6-11,13-14,16,20H,12,15,17H2,1-2H3,(H,31,32). The molecule has 1 N–H and O–H groups in total. The van der Waals surface area contributed by atoms with Crippen molar-refractivity contribution in [1.29, 1.82) is 0 Å². The van der Waals surface area contributed by atoms with E-state index in [1.165, 1.54) is 0 Å². The first-order valence-corrected chi connectivity index (χ1v) is 10.6. The summed E-state index contributed by atoms with van der Waals surface area (Å²) in [5.74, 6) is 5.27. The lowest BCUT2D eigenvalue weighted by atomic mass is 9.96. The Morgan fingerprint density at radius 1 is 1.15 bits per heavy atom. The molecule has 2 aromatic heterocycles. The summed E-state index contributed by atoms with van der Waals surface area (Å²) in [7, 11) is 0. The molecule has 0 bridgehead atoms. The molecule has 2 aromatic carbocycles. The summed E-state index contributed by atoms with van der Waals surface area (Å²) >= 11 is 0. The lowest BCUT2D eigenvalue weighted by Gasteiger charge is -2.11. The van der Waals surface area contributed by atoms with Gasteiger partial charge in [-0.1, -0.05) is 30.2 Å². The van der Waals surface area contributed by atoms with E-state index in [0.717, 1.165) is 33.4 Å². The highest BCUT2D eigenvalue weighted by Crippen LogP contribution is 2.24. The second kappa shape index (κ2) is 9.96. The van der Waals surface area contributed by atoms with Crippen molar-refractivity contribution in [2.45, 2.75) is 39.3 Å². The fourth-order valence-corrected chi connectivity index (χ4v) is 3.58. The van der Waals surface area contributed by atoms with Crippen LogP contribution in [0.15, 0.2) is 61.1 Å². The van der Waals surface area contributed by atoms with Gasteiger partial charge in [0, 0.05) is 23.3 Å². The molecular formula is C26H24N4O3. The molecule has 4 rings (SSSR count). The molecule has 7 nitrogen and oxygen atoms in total. The molecule has 0 amide bonds. The zero-order valence-corrected chi connectivity index (χ0v) is 18.5. The molecular weight excluding hydrogens is 416 g/mol. The molecule has 166 valence electrons. The average Bonchev–Trinajstić information content (AvgIpc) is 3.22. The second-order valence-electron chi connectivity index (χ2n) is 7.73. The quantitative estimate of drug-likeness (QED) is 0.410. The van der Waals surface area contributed by atoms with Crippen LogP contribution in [0.3, 0.4) is 0 Å². The predicted molar refractivity (Wildman–Crippen MR) is 125 cm³/mol. The first-order valence-electron chi connectivity index (χ1n) is 10.6. The van der Waals surface area contributed by atoms with Gasteiger partial charge in [0.15, 0.2) is 0 Å². The van der Waals surface area contributed by atoms with E-state index in [2.05, 4.69) is 26.9 Å². The molecule has 0 spiro atoms. The molecule has 0 radical (unpaired) electrons. The maximum Gasteiger partial charge on any atom is 0.304 e. The Balaban J connectivity index is 1.46. The number of nitrogens with zero attached hydrogens (tertiary/aromatic N) is 4. The topological polar surface area (TPSA) is 90.1 Å². The number of carboxylic acid groups (broad SMARTS) is 1. The first kappa shape index (κ1) is 22.0. The van der Waals surface area contributed by atoms with Crippen LogP contribution < -0.4 is 4.74 Å². The van der Waals surface area contributed by atoms with Crippen LogP contribution in [0.4, 0.5) is 0 Å². The second-order valence-corrected chi connectivity index (χ2v) is 7.73. The summed E-state index contributed by atoms with van der Waals surface area (Å²) in [5, 5.41) is 14.8. The van der Waals surface area contributed by atoms with Gasteiger partial charge in [-0.25, -0.2) is 0 Å². The van der Waals surface area contributed by atoms with Gasteiger partial charge in [-0.3, -0.25) is 19.4 Å². The molecule has 0 aliphatic carbocycles. The third kappa shape index (κ3) is 5.55. The van der Waals surface area contributed by atoms with E-state index >= 15 is 0 Å². The molecule has 33 heavy (non-hydrogen) atoms. The van der Waals surface area contributed by atoms with Crippen LogP contribution in [0, 0.1) is 18.8 Å². The first-order chi connectivity index (χ1) is 16.0. The number of benzene rings is 2. The number of carbonyl (C=O) groups is 1. The van der Waals surface area contributed by atoms with Crippen LogP contribution in [-0.2, 0) is 17.9 Å². The highest BCUT2D eigenvalue weighted by molar-refractivity contribution is 5.81. The summed E-state index contributed by atoms with van der Waals surface area (Å²) in [6, 6.07) is 13.4. The SMILES string of the molecule is CC#CC(CC(=O)O)c1ccc(OCc2cccc3nn(Cc4cnc(C)cn4)cc23)cc1. The molecule has 0 aliphatic rings. The fraction of sp³-hybridized carbons (Fsp3) is 0.231. The number of fused-ring (bicyclic) bond motifs is 1.